The summed E-state index contributed by atoms with van der Waals surface area (Å²) in [5, 5.41) is 28.9. The number of rotatable bonds is 14. The number of carboxylic acid groups (broad SMARTS) is 2. The first kappa shape index (κ1) is 27.7. The Labute approximate surface area is 191 Å². The van der Waals surface area contributed by atoms with Crippen LogP contribution < -0.4 is 21.3 Å². The van der Waals surface area contributed by atoms with E-state index in [0.29, 0.717) is 25.1 Å². The van der Waals surface area contributed by atoms with E-state index in [-0.39, 0.29) is 18.2 Å². The molecule has 5 unspecified atom stereocenters. The lowest BCUT2D eigenvalue weighted by Gasteiger charge is -2.27. The minimum absolute atomic E-state index is 0.149. The molecule has 3 amide bonds. The van der Waals surface area contributed by atoms with Gasteiger partial charge < -0.3 is 31.5 Å². The number of amides is 3. The molecule has 11 nitrogen and oxygen atoms in total. The minimum atomic E-state index is -1.48. The Hall–Kier alpha value is -2.34. The lowest BCUT2D eigenvalue weighted by molar-refractivity contribution is -0.143. The van der Waals surface area contributed by atoms with E-state index in [9.17, 15) is 34.2 Å². The Morgan fingerprint density at radius 2 is 1.72 bits per heavy atom. The molecule has 0 aliphatic carbocycles. The molecule has 0 saturated carbocycles. The van der Waals surface area contributed by atoms with Gasteiger partial charge >= 0.3 is 11.9 Å². The number of nitrogens with one attached hydrogen (secondary N) is 4. The molecule has 0 spiro atoms. The topological polar surface area (TPSA) is 174 Å². The fraction of sp³-hybridized carbons (Fsp3) is 0.750. The molecule has 0 radical (unpaired) electrons. The maximum absolute atomic E-state index is 12.9. The number of aliphatic carboxylic acids is 2. The van der Waals surface area contributed by atoms with Gasteiger partial charge in [-0.1, -0.05) is 20.3 Å². The fourth-order valence-electron chi connectivity index (χ4n) is 3.27. The van der Waals surface area contributed by atoms with Crippen molar-refractivity contribution < 1.29 is 34.2 Å². The number of carbonyl (C=O) groups excluding carboxylic acids is 3. The SMILES string of the molecule is CCC(C)C(NC(=O)C1CCCN1)C(=O)NC(CC(=O)O)C(=O)NC(CCSC)C(=O)O. The van der Waals surface area contributed by atoms with Crippen LogP contribution in [0.1, 0.15) is 46.0 Å². The fourth-order valence-corrected chi connectivity index (χ4v) is 3.75. The Kier molecular flexibility index (Phi) is 12.1. The highest BCUT2D eigenvalue weighted by Gasteiger charge is 2.34. The third-order valence-electron chi connectivity index (χ3n) is 5.41. The van der Waals surface area contributed by atoms with Crippen molar-refractivity contribution in [1.29, 1.82) is 0 Å². The molecule has 1 aliphatic heterocycles. The zero-order chi connectivity index (χ0) is 24.3. The second-order valence-corrected chi connectivity index (χ2v) is 8.85. The summed E-state index contributed by atoms with van der Waals surface area (Å²) in [6.45, 7) is 4.32. The molecular weight excluding hydrogens is 440 g/mol. The summed E-state index contributed by atoms with van der Waals surface area (Å²) in [7, 11) is 0. The van der Waals surface area contributed by atoms with Gasteiger partial charge in [0.1, 0.15) is 18.1 Å². The van der Waals surface area contributed by atoms with Crippen molar-refractivity contribution in [2.45, 2.75) is 70.1 Å². The maximum Gasteiger partial charge on any atom is 0.326 e. The van der Waals surface area contributed by atoms with Crippen molar-refractivity contribution in [1.82, 2.24) is 21.3 Å². The molecular formula is C20H34N4O7S. The van der Waals surface area contributed by atoms with Crippen LogP contribution in [0, 0.1) is 5.92 Å². The zero-order valence-corrected chi connectivity index (χ0v) is 19.5. The molecule has 1 heterocycles. The third-order valence-corrected chi connectivity index (χ3v) is 6.05. The smallest absolute Gasteiger partial charge is 0.326 e. The Morgan fingerprint density at radius 3 is 2.22 bits per heavy atom. The molecule has 12 heteroatoms. The van der Waals surface area contributed by atoms with Crippen LogP contribution >= 0.6 is 11.8 Å². The summed E-state index contributed by atoms with van der Waals surface area (Å²) >= 11 is 1.41. The van der Waals surface area contributed by atoms with Crippen molar-refractivity contribution in [3.63, 3.8) is 0 Å². The number of thioether (sulfide) groups is 1. The number of hydrogen-bond donors (Lipinski definition) is 6. The molecule has 6 N–H and O–H groups in total. The maximum atomic E-state index is 12.9. The van der Waals surface area contributed by atoms with Gasteiger partial charge in [-0.05, 0) is 43.7 Å². The molecule has 1 fully saturated rings. The average molecular weight is 475 g/mol. The van der Waals surface area contributed by atoms with Crippen molar-refractivity contribution in [2.75, 3.05) is 18.6 Å². The summed E-state index contributed by atoms with van der Waals surface area (Å²) in [5.74, 6) is -4.30. The molecule has 0 aromatic heterocycles. The van der Waals surface area contributed by atoms with Gasteiger partial charge in [0, 0.05) is 0 Å². The van der Waals surface area contributed by atoms with Crippen molar-refractivity contribution in [3.05, 3.63) is 0 Å². The van der Waals surface area contributed by atoms with Gasteiger partial charge in [-0.3, -0.25) is 19.2 Å². The second kappa shape index (κ2) is 13.9. The number of carboxylic acids is 2. The molecule has 182 valence electrons. The minimum Gasteiger partial charge on any atom is -0.481 e. The molecule has 32 heavy (non-hydrogen) atoms. The highest BCUT2D eigenvalue weighted by atomic mass is 32.2. The van der Waals surface area contributed by atoms with E-state index in [2.05, 4.69) is 21.3 Å². The highest BCUT2D eigenvalue weighted by Crippen LogP contribution is 2.12. The van der Waals surface area contributed by atoms with Crippen LogP contribution in [-0.4, -0.2) is 82.6 Å². The molecule has 0 aromatic carbocycles. The molecule has 1 aliphatic rings. The first-order valence-corrected chi connectivity index (χ1v) is 12.1. The van der Waals surface area contributed by atoms with E-state index in [1.165, 1.54) is 11.8 Å². The lowest BCUT2D eigenvalue weighted by atomic mass is 9.97. The predicted octanol–water partition coefficient (Wildman–Crippen LogP) is -0.449. The summed E-state index contributed by atoms with van der Waals surface area (Å²) < 4.78 is 0. The predicted molar refractivity (Wildman–Crippen MR) is 119 cm³/mol. The monoisotopic (exact) mass is 474 g/mol. The van der Waals surface area contributed by atoms with Crippen LogP contribution in [0.4, 0.5) is 0 Å². The Balaban J connectivity index is 2.93. The Bertz CT molecular complexity index is 685. The third kappa shape index (κ3) is 9.03. The molecule has 1 rings (SSSR count). The van der Waals surface area contributed by atoms with Gasteiger partial charge in [0.25, 0.3) is 0 Å². The van der Waals surface area contributed by atoms with Crippen LogP contribution in [0.3, 0.4) is 0 Å². The van der Waals surface area contributed by atoms with E-state index in [1.807, 2.05) is 6.92 Å². The quantitative estimate of drug-likeness (QED) is 0.195. The summed E-state index contributed by atoms with van der Waals surface area (Å²) in [5.41, 5.74) is 0. The van der Waals surface area contributed by atoms with Crippen LogP contribution in [0.5, 0.6) is 0 Å². The first-order valence-electron chi connectivity index (χ1n) is 10.7. The van der Waals surface area contributed by atoms with Crippen molar-refractivity contribution >= 4 is 41.4 Å². The average Bonchev–Trinajstić information content (AvgIpc) is 3.28. The van der Waals surface area contributed by atoms with Crippen LogP contribution in [0.2, 0.25) is 0 Å². The van der Waals surface area contributed by atoms with Gasteiger partial charge in [-0.25, -0.2) is 4.79 Å². The first-order chi connectivity index (χ1) is 15.1. The summed E-state index contributed by atoms with van der Waals surface area (Å²) in [4.78, 5) is 60.8. The van der Waals surface area contributed by atoms with E-state index in [0.717, 1.165) is 6.42 Å². The second-order valence-electron chi connectivity index (χ2n) is 7.86. The highest BCUT2D eigenvalue weighted by molar-refractivity contribution is 7.98. The van der Waals surface area contributed by atoms with Crippen LogP contribution in [0.15, 0.2) is 0 Å². The molecule has 0 aromatic rings. The van der Waals surface area contributed by atoms with E-state index < -0.39 is 54.3 Å². The zero-order valence-electron chi connectivity index (χ0n) is 18.7. The van der Waals surface area contributed by atoms with Crippen molar-refractivity contribution in [3.8, 4) is 0 Å². The van der Waals surface area contributed by atoms with Gasteiger partial charge in [-0.15, -0.1) is 0 Å². The van der Waals surface area contributed by atoms with Crippen LogP contribution in [-0.2, 0) is 24.0 Å². The van der Waals surface area contributed by atoms with E-state index in [4.69, 9.17) is 0 Å². The van der Waals surface area contributed by atoms with Crippen LogP contribution in [0.25, 0.3) is 0 Å². The standard InChI is InChI=1S/C20H34N4O7S/c1-4-11(2)16(24-17(27)12-6-5-8-21-12)19(29)23-14(10-15(25)26)18(28)22-13(20(30)31)7-9-32-3/h11-14,16,21H,4-10H2,1-3H3,(H,22,28)(H,23,29)(H,24,27)(H,25,26)(H,30,31). The summed E-state index contributed by atoms with van der Waals surface area (Å²) in [6.07, 6.45) is 3.27. The van der Waals surface area contributed by atoms with Gasteiger partial charge in [0.2, 0.25) is 17.7 Å². The van der Waals surface area contributed by atoms with Crippen molar-refractivity contribution in [2.24, 2.45) is 5.92 Å². The molecule has 0 bridgehead atoms. The largest absolute Gasteiger partial charge is 0.481 e. The van der Waals surface area contributed by atoms with E-state index in [1.54, 1.807) is 13.2 Å². The molecule has 1 saturated heterocycles. The summed E-state index contributed by atoms with van der Waals surface area (Å²) in [6, 6.07) is -4.06. The van der Waals surface area contributed by atoms with E-state index >= 15 is 0 Å². The Morgan fingerprint density at radius 1 is 1.06 bits per heavy atom. The number of hydrogen-bond acceptors (Lipinski definition) is 7. The molecule has 5 atom stereocenters. The van der Waals surface area contributed by atoms with Gasteiger partial charge in [0.05, 0.1) is 12.5 Å². The lowest BCUT2D eigenvalue weighted by Crippen LogP contribution is -2.59. The van der Waals surface area contributed by atoms with Gasteiger partial charge in [0.15, 0.2) is 0 Å². The number of carbonyl (C=O) groups is 5. The normalized spacial score (nSPS) is 19.3. The van der Waals surface area contributed by atoms with Gasteiger partial charge in [-0.2, -0.15) is 11.8 Å².